The lowest BCUT2D eigenvalue weighted by atomic mass is 10.0. The smallest absolute Gasteiger partial charge is 0.252 e. The number of benzene rings is 1. The van der Waals surface area contributed by atoms with Gasteiger partial charge in [0.25, 0.3) is 5.56 Å². The van der Waals surface area contributed by atoms with E-state index < -0.39 is 0 Å². The minimum atomic E-state index is -0.311. The van der Waals surface area contributed by atoms with Crippen molar-refractivity contribution in [3.05, 3.63) is 81.6 Å². The van der Waals surface area contributed by atoms with E-state index in [-0.39, 0.29) is 23.5 Å². The lowest BCUT2D eigenvalue weighted by molar-refractivity contribution is 0.159. The Bertz CT molecular complexity index is 1570. The van der Waals surface area contributed by atoms with Crippen LogP contribution in [0.3, 0.4) is 0 Å². The lowest BCUT2D eigenvalue weighted by Crippen LogP contribution is -2.53. The summed E-state index contributed by atoms with van der Waals surface area (Å²) >= 11 is 0. The largest absolute Gasteiger partial charge is 0.364 e. The van der Waals surface area contributed by atoms with Crippen LogP contribution in [0.2, 0.25) is 0 Å². The molecule has 4 aromatic rings. The van der Waals surface area contributed by atoms with Crippen molar-refractivity contribution in [2.45, 2.75) is 37.8 Å². The van der Waals surface area contributed by atoms with Crippen LogP contribution >= 0.6 is 0 Å². The van der Waals surface area contributed by atoms with Crippen molar-refractivity contribution in [2.24, 2.45) is 7.05 Å². The maximum Gasteiger partial charge on any atom is 0.252 e. The van der Waals surface area contributed by atoms with Crippen LogP contribution in [0.1, 0.15) is 54.7 Å². The molecule has 0 amide bonds. The number of anilines is 1. The summed E-state index contributed by atoms with van der Waals surface area (Å²) in [6.07, 6.45) is 2.14. The summed E-state index contributed by atoms with van der Waals surface area (Å²) in [5, 5.41) is 13.6. The lowest BCUT2D eigenvalue weighted by Gasteiger charge is -2.43. The number of pyridine rings is 2. The van der Waals surface area contributed by atoms with Crippen molar-refractivity contribution in [1.29, 1.82) is 5.26 Å². The first-order chi connectivity index (χ1) is 17.9. The van der Waals surface area contributed by atoms with Gasteiger partial charge in [0, 0.05) is 44.7 Å². The summed E-state index contributed by atoms with van der Waals surface area (Å²) < 4.78 is 21.0. The first kappa shape index (κ1) is 23.3. The fourth-order valence-electron chi connectivity index (χ4n) is 5.19. The molecule has 3 aromatic heterocycles. The molecular formula is C27H26FN7O2. The number of hydrogen-bond acceptors (Lipinski definition) is 8. The first-order valence-corrected chi connectivity index (χ1v) is 12.4. The van der Waals surface area contributed by atoms with Crippen LogP contribution in [-0.4, -0.2) is 50.3 Å². The van der Waals surface area contributed by atoms with E-state index >= 15 is 0 Å². The SMILES string of the molecule is C[C@H]1CN(C(c2ccc(F)cc2)c2nc(C3CC3)no2)CCN1c1cc(=O)n(C)c2ccc(C#N)nc12. The molecule has 1 aliphatic heterocycles. The first-order valence-electron chi connectivity index (χ1n) is 12.4. The molecule has 10 heteroatoms. The van der Waals surface area contributed by atoms with Gasteiger partial charge in [0.15, 0.2) is 5.82 Å². The number of aromatic nitrogens is 4. The molecule has 0 radical (unpaired) electrons. The third-order valence-electron chi connectivity index (χ3n) is 7.34. The van der Waals surface area contributed by atoms with Crippen molar-refractivity contribution >= 4 is 16.7 Å². The third-order valence-corrected chi connectivity index (χ3v) is 7.34. The highest BCUT2D eigenvalue weighted by Crippen LogP contribution is 2.40. The molecule has 1 unspecified atom stereocenters. The Labute approximate surface area is 212 Å². The number of piperazine rings is 1. The van der Waals surface area contributed by atoms with Gasteiger partial charge < -0.3 is 14.0 Å². The minimum Gasteiger partial charge on any atom is -0.364 e. The van der Waals surface area contributed by atoms with Gasteiger partial charge in [0.2, 0.25) is 5.89 Å². The molecule has 188 valence electrons. The molecular weight excluding hydrogens is 473 g/mol. The Morgan fingerprint density at radius 1 is 1.14 bits per heavy atom. The molecule has 37 heavy (non-hydrogen) atoms. The highest BCUT2D eigenvalue weighted by Gasteiger charge is 2.36. The van der Waals surface area contributed by atoms with Crippen LogP contribution < -0.4 is 10.5 Å². The van der Waals surface area contributed by atoms with Crippen LogP contribution in [0, 0.1) is 17.1 Å². The van der Waals surface area contributed by atoms with Gasteiger partial charge in [-0.2, -0.15) is 10.2 Å². The molecule has 6 rings (SSSR count). The van der Waals surface area contributed by atoms with Crippen LogP contribution in [0.15, 0.2) is 51.8 Å². The number of fused-ring (bicyclic) bond motifs is 1. The molecule has 1 aliphatic carbocycles. The fraction of sp³-hybridized carbons (Fsp3) is 0.370. The number of nitriles is 1. The summed E-state index contributed by atoms with van der Waals surface area (Å²) in [4.78, 5) is 26.5. The van der Waals surface area contributed by atoms with Crippen LogP contribution in [-0.2, 0) is 7.05 Å². The van der Waals surface area contributed by atoms with E-state index in [1.165, 1.54) is 12.1 Å². The molecule has 1 saturated carbocycles. The molecule has 4 heterocycles. The highest BCUT2D eigenvalue weighted by molar-refractivity contribution is 5.89. The molecule has 2 aliphatic rings. The second-order valence-electron chi connectivity index (χ2n) is 9.86. The van der Waals surface area contributed by atoms with Crippen molar-refractivity contribution < 1.29 is 8.91 Å². The van der Waals surface area contributed by atoms with E-state index in [4.69, 9.17) is 9.51 Å². The summed E-state index contributed by atoms with van der Waals surface area (Å²) in [7, 11) is 1.71. The van der Waals surface area contributed by atoms with Crippen LogP contribution in [0.5, 0.6) is 0 Å². The average Bonchev–Trinajstić information content (AvgIpc) is 3.65. The van der Waals surface area contributed by atoms with E-state index in [0.717, 1.165) is 29.9 Å². The summed E-state index contributed by atoms with van der Waals surface area (Å²) in [6.45, 7) is 3.98. The molecule has 2 fully saturated rings. The number of aryl methyl sites for hydroxylation is 1. The van der Waals surface area contributed by atoms with Gasteiger partial charge in [-0.15, -0.1) is 0 Å². The number of nitrogens with zero attached hydrogens (tertiary/aromatic N) is 7. The quantitative estimate of drug-likeness (QED) is 0.411. The molecule has 0 spiro atoms. The Morgan fingerprint density at radius 2 is 1.92 bits per heavy atom. The zero-order valence-electron chi connectivity index (χ0n) is 20.6. The summed E-state index contributed by atoms with van der Waals surface area (Å²) in [5.74, 6) is 1.31. The fourth-order valence-corrected chi connectivity index (χ4v) is 5.19. The predicted octanol–water partition coefficient (Wildman–Crippen LogP) is 3.50. The van der Waals surface area contributed by atoms with E-state index in [9.17, 15) is 14.4 Å². The maximum absolute atomic E-state index is 13.7. The van der Waals surface area contributed by atoms with Crippen LogP contribution in [0.25, 0.3) is 11.0 Å². The second kappa shape index (κ2) is 9.09. The molecule has 2 atom stereocenters. The minimum absolute atomic E-state index is 0.00497. The molecule has 0 bridgehead atoms. The number of hydrogen-bond donors (Lipinski definition) is 0. The Morgan fingerprint density at radius 3 is 2.62 bits per heavy atom. The van der Waals surface area contributed by atoms with Crippen molar-refractivity contribution in [2.75, 3.05) is 24.5 Å². The van der Waals surface area contributed by atoms with Gasteiger partial charge >= 0.3 is 0 Å². The highest BCUT2D eigenvalue weighted by atomic mass is 19.1. The van der Waals surface area contributed by atoms with Crippen molar-refractivity contribution in [1.82, 2.24) is 24.6 Å². The molecule has 9 nitrogen and oxygen atoms in total. The summed E-state index contributed by atoms with van der Waals surface area (Å²) in [6, 6.07) is 13.2. The van der Waals surface area contributed by atoms with Gasteiger partial charge in [-0.3, -0.25) is 9.69 Å². The van der Waals surface area contributed by atoms with Gasteiger partial charge in [0.1, 0.15) is 29.1 Å². The van der Waals surface area contributed by atoms with E-state index in [1.807, 2.05) is 0 Å². The number of rotatable bonds is 5. The molecule has 1 aromatic carbocycles. The Hall–Kier alpha value is -4.10. The zero-order valence-corrected chi connectivity index (χ0v) is 20.6. The van der Waals surface area contributed by atoms with Crippen molar-refractivity contribution in [3.8, 4) is 6.07 Å². The Kier molecular flexibility index (Phi) is 5.72. The van der Waals surface area contributed by atoms with Gasteiger partial charge in [0.05, 0.1) is 11.2 Å². The zero-order chi connectivity index (χ0) is 25.7. The Balaban J connectivity index is 1.34. The van der Waals surface area contributed by atoms with E-state index in [2.05, 4.69) is 32.9 Å². The topological polar surface area (TPSA) is 104 Å². The van der Waals surface area contributed by atoms with E-state index in [1.54, 1.807) is 41.9 Å². The standard InChI is InChI=1S/C27H26FN7O2/c1-16-15-34(25(17-5-7-19(28)8-6-17)27-31-26(32-37-27)18-3-4-18)11-12-35(16)22-13-23(36)33(2)21-10-9-20(14-29)30-24(21)22/h5-10,13,16,18,25H,3-4,11-12,15H2,1-2H3/t16-,25?/m0/s1. The molecule has 1 saturated heterocycles. The van der Waals surface area contributed by atoms with Crippen molar-refractivity contribution in [3.63, 3.8) is 0 Å². The molecule has 0 N–H and O–H groups in total. The normalized spacial score (nSPS) is 19.2. The van der Waals surface area contributed by atoms with Crippen LogP contribution in [0.4, 0.5) is 10.1 Å². The van der Waals surface area contributed by atoms with Gasteiger partial charge in [-0.1, -0.05) is 17.3 Å². The maximum atomic E-state index is 13.7. The number of halogens is 1. The van der Waals surface area contributed by atoms with E-state index in [0.29, 0.717) is 48.2 Å². The monoisotopic (exact) mass is 499 g/mol. The van der Waals surface area contributed by atoms with Gasteiger partial charge in [-0.25, -0.2) is 9.37 Å². The summed E-state index contributed by atoms with van der Waals surface area (Å²) in [5.41, 5.74) is 3.08. The predicted molar refractivity (Wildman–Crippen MR) is 135 cm³/mol. The average molecular weight is 500 g/mol. The third kappa shape index (κ3) is 4.25. The second-order valence-corrected chi connectivity index (χ2v) is 9.86. The van der Waals surface area contributed by atoms with Gasteiger partial charge in [-0.05, 0) is 49.6 Å².